The number of amides is 2. The molecule has 0 unspecified atom stereocenters. The van der Waals surface area contributed by atoms with Gasteiger partial charge >= 0.3 is 6.18 Å². The van der Waals surface area contributed by atoms with Gasteiger partial charge in [0, 0.05) is 22.1 Å². The number of alkyl halides is 3. The zero-order valence-electron chi connectivity index (χ0n) is 24.3. The molecule has 0 bridgehead atoms. The maximum atomic E-state index is 14.6. The number of pyridine rings is 2. The number of nitrogens with two attached hydrogens (primary N) is 1. The standard InChI is InChI=1S/C31H28F4N4O6/c1-4-45-28-19(13-25(36)41)12-24(39-27(28)17-5-7-21(32)8-6-17)30(43,31(33,34)35)15-37-29(42)20-10-18-9-16(2)22(14-40)38-26(18)23(11-20)44-3/h5-12,14,43H,4,13,15H2,1-3H3,(H2,36,41)(H,37,42)/t30-/m0/s1. The number of aryl methyl sites for hydroxylation is 1. The number of carbonyl (C=O) groups excluding carboxylic acids is 3. The van der Waals surface area contributed by atoms with Gasteiger partial charge in [0.25, 0.3) is 5.91 Å². The predicted octanol–water partition coefficient (Wildman–Crippen LogP) is 4.17. The van der Waals surface area contributed by atoms with Gasteiger partial charge in [0.15, 0.2) is 6.29 Å². The van der Waals surface area contributed by atoms with Crippen LogP contribution in [-0.4, -0.2) is 59.6 Å². The number of hydrogen-bond donors (Lipinski definition) is 3. The summed E-state index contributed by atoms with van der Waals surface area (Å²) >= 11 is 0. The molecule has 0 aliphatic heterocycles. The van der Waals surface area contributed by atoms with Crippen LogP contribution in [0.5, 0.6) is 11.5 Å². The molecular weight excluding hydrogens is 600 g/mol. The number of rotatable bonds is 11. The number of fused-ring (bicyclic) bond motifs is 1. The van der Waals surface area contributed by atoms with Gasteiger partial charge in [-0.25, -0.2) is 14.4 Å². The van der Waals surface area contributed by atoms with Crippen LogP contribution >= 0.6 is 0 Å². The number of ether oxygens (including phenoxy) is 2. The fourth-order valence-corrected chi connectivity index (χ4v) is 4.65. The van der Waals surface area contributed by atoms with E-state index in [4.69, 9.17) is 15.2 Å². The Bertz CT molecular complexity index is 1780. The van der Waals surface area contributed by atoms with Crippen molar-refractivity contribution in [2.45, 2.75) is 32.0 Å². The first-order valence-corrected chi connectivity index (χ1v) is 13.5. The predicted molar refractivity (Wildman–Crippen MR) is 154 cm³/mol. The monoisotopic (exact) mass is 628 g/mol. The molecule has 14 heteroatoms. The zero-order valence-corrected chi connectivity index (χ0v) is 24.3. The number of hydrogen-bond acceptors (Lipinski definition) is 8. The van der Waals surface area contributed by atoms with Crippen molar-refractivity contribution in [1.29, 1.82) is 0 Å². The lowest BCUT2D eigenvalue weighted by molar-refractivity contribution is -0.265. The molecule has 0 aliphatic rings. The van der Waals surface area contributed by atoms with E-state index in [1.807, 2.05) is 0 Å². The molecule has 0 saturated heterocycles. The van der Waals surface area contributed by atoms with E-state index in [9.17, 15) is 37.1 Å². The van der Waals surface area contributed by atoms with E-state index in [0.717, 1.165) is 18.2 Å². The van der Waals surface area contributed by atoms with E-state index in [1.165, 1.54) is 31.4 Å². The average Bonchev–Trinajstić information content (AvgIpc) is 2.99. The molecule has 10 nitrogen and oxygen atoms in total. The number of methoxy groups -OCH3 is 1. The second kappa shape index (κ2) is 12.9. The lowest BCUT2D eigenvalue weighted by Crippen LogP contribution is -2.51. The fraction of sp³-hybridized carbons (Fsp3) is 0.258. The first-order chi connectivity index (χ1) is 21.2. The number of nitrogens with zero attached hydrogens (tertiary/aromatic N) is 2. The van der Waals surface area contributed by atoms with E-state index < -0.39 is 48.1 Å². The number of aliphatic hydroxyl groups is 1. The van der Waals surface area contributed by atoms with Crippen molar-refractivity contribution in [2.24, 2.45) is 5.73 Å². The molecule has 0 spiro atoms. The third-order valence-corrected chi connectivity index (χ3v) is 6.92. The summed E-state index contributed by atoms with van der Waals surface area (Å²) < 4.78 is 68.5. The second-order valence-electron chi connectivity index (χ2n) is 10.0. The van der Waals surface area contributed by atoms with Crippen LogP contribution in [0.15, 0.2) is 48.5 Å². The second-order valence-corrected chi connectivity index (χ2v) is 10.0. The third-order valence-electron chi connectivity index (χ3n) is 6.92. The number of carbonyl (C=O) groups is 3. The Labute approximate surface area is 254 Å². The minimum Gasteiger partial charge on any atom is -0.494 e. The molecular formula is C31H28F4N4O6. The van der Waals surface area contributed by atoms with Gasteiger partial charge in [-0.2, -0.15) is 13.2 Å². The van der Waals surface area contributed by atoms with Crippen LogP contribution in [0, 0.1) is 12.7 Å². The lowest BCUT2D eigenvalue weighted by atomic mass is 9.93. The lowest BCUT2D eigenvalue weighted by Gasteiger charge is -2.31. The van der Waals surface area contributed by atoms with Crippen LogP contribution in [0.1, 0.15) is 44.6 Å². The number of nitrogens with one attached hydrogen (secondary N) is 1. The minimum atomic E-state index is -5.39. The highest BCUT2D eigenvalue weighted by Gasteiger charge is 2.56. The van der Waals surface area contributed by atoms with Gasteiger partial charge in [-0.1, -0.05) is 0 Å². The maximum absolute atomic E-state index is 14.6. The number of benzene rings is 2. The smallest absolute Gasteiger partial charge is 0.424 e. The van der Waals surface area contributed by atoms with E-state index in [2.05, 4.69) is 15.3 Å². The molecule has 4 rings (SSSR count). The number of primary amides is 1. The summed E-state index contributed by atoms with van der Waals surface area (Å²) in [6.45, 7) is 1.85. The van der Waals surface area contributed by atoms with Crippen molar-refractivity contribution in [1.82, 2.24) is 15.3 Å². The number of aromatic nitrogens is 2. The molecule has 0 aliphatic carbocycles. The Balaban J connectivity index is 1.80. The normalized spacial score (nSPS) is 12.8. The summed E-state index contributed by atoms with van der Waals surface area (Å²) in [6.07, 6.45) is -5.41. The molecule has 2 aromatic carbocycles. The molecule has 4 aromatic rings. The van der Waals surface area contributed by atoms with Crippen LogP contribution in [0.25, 0.3) is 22.2 Å². The van der Waals surface area contributed by atoms with Crippen molar-refractivity contribution in [3.05, 3.63) is 82.4 Å². The number of halogens is 4. The zero-order chi connectivity index (χ0) is 33.1. The molecule has 4 N–H and O–H groups in total. The van der Waals surface area contributed by atoms with Gasteiger partial charge in [0.05, 0.1) is 32.4 Å². The average molecular weight is 629 g/mol. The van der Waals surface area contributed by atoms with Gasteiger partial charge in [-0.15, -0.1) is 0 Å². The van der Waals surface area contributed by atoms with Gasteiger partial charge in [-0.3, -0.25) is 14.4 Å². The molecule has 0 fully saturated rings. The Kier molecular flexibility index (Phi) is 9.37. The largest absolute Gasteiger partial charge is 0.494 e. The van der Waals surface area contributed by atoms with Crippen LogP contribution in [0.3, 0.4) is 0 Å². The van der Waals surface area contributed by atoms with Gasteiger partial charge in [-0.05, 0) is 67.9 Å². The van der Waals surface area contributed by atoms with Gasteiger partial charge in [0.2, 0.25) is 11.5 Å². The minimum absolute atomic E-state index is 0.0291. The Morgan fingerprint density at radius 1 is 1.09 bits per heavy atom. The number of aldehydes is 1. The van der Waals surface area contributed by atoms with Gasteiger partial charge < -0.3 is 25.6 Å². The molecule has 2 aromatic heterocycles. The molecule has 2 heterocycles. The van der Waals surface area contributed by atoms with Crippen molar-refractivity contribution in [2.75, 3.05) is 20.3 Å². The van der Waals surface area contributed by atoms with Crippen LogP contribution in [0.2, 0.25) is 0 Å². The Morgan fingerprint density at radius 3 is 2.36 bits per heavy atom. The Hall–Kier alpha value is -5.11. The highest BCUT2D eigenvalue weighted by Crippen LogP contribution is 2.42. The van der Waals surface area contributed by atoms with Crippen molar-refractivity contribution in [3.63, 3.8) is 0 Å². The van der Waals surface area contributed by atoms with E-state index >= 15 is 0 Å². The summed E-state index contributed by atoms with van der Waals surface area (Å²) in [5.41, 5.74) is 1.20. The van der Waals surface area contributed by atoms with Crippen molar-refractivity contribution >= 4 is 29.0 Å². The summed E-state index contributed by atoms with van der Waals surface area (Å²) in [4.78, 5) is 44.7. The molecule has 45 heavy (non-hydrogen) atoms. The summed E-state index contributed by atoms with van der Waals surface area (Å²) in [5, 5.41) is 13.7. The topological polar surface area (TPSA) is 154 Å². The SMILES string of the molecule is CCOc1c(CC(N)=O)cc([C@@](O)(CNC(=O)c2cc(OC)c3nc(C=O)c(C)cc3c2)C(F)(F)F)nc1-c1ccc(F)cc1. The first-order valence-electron chi connectivity index (χ1n) is 13.5. The van der Waals surface area contributed by atoms with Crippen LogP contribution < -0.4 is 20.5 Å². The van der Waals surface area contributed by atoms with Crippen LogP contribution in [0.4, 0.5) is 17.6 Å². The molecule has 1 atom stereocenters. The van der Waals surface area contributed by atoms with Gasteiger partial charge in [0.1, 0.15) is 34.2 Å². The van der Waals surface area contributed by atoms with Crippen LogP contribution in [-0.2, 0) is 16.8 Å². The van der Waals surface area contributed by atoms with E-state index in [-0.39, 0.29) is 51.7 Å². The summed E-state index contributed by atoms with van der Waals surface area (Å²) in [7, 11) is 1.29. The Morgan fingerprint density at radius 2 is 1.78 bits per heavy atom. The van der Waals surface area contributed by atoms with Crippen molar-refractivity contribution in [3.8, 4) is 22.8 Å². The highest BCUT2D eigenvalue weighted by molar-refractivity contribution is 6.00. The van der Waals surface area contributed by atoms with E-state index in [0.29, 0.717) is 17.2 Å². The summed E-state index contributed by atoms with van der Waals surface area (Å²) in [6, 6.07) is 9.58. The molecule has 236 valence electrons. The van der Waals surface area contributed by atoms with E-state index in [1.54, 1.807) is 19.9 Å². The first kappa shape index (κ1) is 32.8. The fourth-order valence-electron chi connectivity index (χ4n) is 4.65. The molecule has 2 amide bonds. The third kappa shape index (κ3) is 6.70. The molecule has 0 radical (unpaired) electrons. The quantitative estimate of drug-likeness (QED) is 0.165. The molecule has 0 saturated carbocycles. The van der Waals surface area contributed by atoms with Crippen molar-refractivity contribution < 1.29 is 46.5 Å². The highest BCUT2D eigenvalue weighted by atomic mass is 19.4. The maximum Gasteiger partial charge on any atom is 0.424 e. The summed E-state index contributed by atoms with van der Waals surface area (Å²) in [5.74, 6) is -2.53.